The number of halogens is 1. The van der Waals surface area contributed by atoms with Gasteiger partial charge in [-0.2, -0.15) is 0 Å². The maximum atomic E-state index is 5.96. The molecule has 1 aromatic rings. The number of rotatable bonds is 6. The van der Waals surface area contributed by atoms with Gasteiger partial charge in [0.1, 0.15) is 18.0 Å². The third kappa shape index (κ3) is 3.25. The Morgan fingerprint density at radius 3 is 2.89 bits per heavy atom. The Morgan fingerprint density at radius 1 is 1.39 bits per heavy atom. The summed E-state index contributed by atoms with van der Waals surface area (Å²) < 4.78 is 16.7. The Balaban J connectivity index is 1.95. The largest absolute Gasteiger partial charge is 0.488 e. The van der Waals surface area contributed by atoms with Gasteiger partial charge in [-0.05, 0) is 24.6 Å². The monoisotopic (exact) mass is 314 g/mol. The van der Waals surface area contributed by atoms with Gasteiger partial charge in [0.25, 0.3) is 0 Å². The van der Waals surface area contributed by atoms with E-state index < -0.39 is 0 Å². The minimum Gasteiger partial charge on any atom is -0.488 e. The summed E-state index contributed by atoms with van der Waals surface area (Å²) in [5, 5.41) is 0. The molecule has 18 heavy (non-hydrogen) atoms. The number of benzene rings is 1. The molecule has 1 fully saturated rings. The zero-order valence-corrected chi connectivity index (χ0v) is 12.4. The molecule has 0 bridgehead atoms. The molecule has 1 aromatic carbocycles. The van der Waals surface area contributed by atoms with Crippen LogP contribution in [-0.4, -0.2) is 30.8 Å². The number of hydrogen-bond acceptors (Lipinski definition) is 3. The average molecular weight is 315 g/mol. The van der Waals surface area contributed by atoms with Gasteiger partial charge in [0.15, 0.2) is 0 Å². The van der Waals surface area contributed by atoms with E-state index in [9.17, 15) is 0 Å². The molecule has 0 spiro atoms. The summed E-state index contributed by atoms with van der Waals surface area (Å²) in [6, 6.07) is 8.02. The van der Waals surface area contributed by atoms with Crippen molar-refractivity contribution in [3.05, 3.63) is 29.8 Å². The van der Waals surface area contributed by atoms with Crippen molar-refractivity contribution in [2.75, 3.05) is 13.7 Å². The van der Waals surface area contributed by atoms with E-state index in [-0.39, 0.29) is 12.2 Å². The Morgan fingerprint density at radius 2 is 2.22 bits per heavy atom. The molecule has 0 N–H and O–H groups in total. The molecular weight excluding hydrogens is 296 g/mol. The lowest BCUT2D eigenvalue weighted by atomic mass is 9.91. The Hall–Kier alpha value is -0.580. The summed E-state index contributed by atoms with van der Waals surface area (Å²) in [6.07, 6.45) is 1.28. The zero-order valence-electron chi connectivity index (χ0n) is 10.8. The minimum atomic E-state index is 0.145. The molecule has 0 aromatic heterocycles. The second-order valence-electron chi connectivity index (χ2n) is 4.41. The average Bonchev–Trinajstić information content (AvgIpc) is 2.36. The SMILES string of the molecule is CCOC1C(Br)CC1Oc1cccc(COC)c1. The highest BCUT2D eigenvalue weighted by molar-refractivity contribution is 9.09. The molecule has 3 unspecified atom stereocenters. The van der Waals surface area contributed by atoms with Crippen LogP contribution in [0.4, 0.5) is 0 Å². The lowest BCUT2D eigenvalue weighted by molar-refractivity contribution is -0.0723. The van der Waals surface area contributed by atoms with Crippen molar-refractivity contribution in [1.29, 1.82) is 0 Å². The molecule has 100 valence electrons. The molecule has 0 heterocycles. The second kappa shape index (κ2) is 6.55. The lowest BCUT2D eigenvalue weighted by Gasteiger charge is -2.40. The number of methoxy groups -OCH3 is 1. The quantitative estimate of drug-likeness (QED) is 0.755. The molecule has 2 rings (SSSR count). The summed E-state index contributed by atoms with van der Waals surface area (Å²) in [6.45, 7) is 3.34. The molecular formula is C14H19BrO3. The molecule has 0 aliphatic heterocycles. The first-order valence-electron chi connectivity index (χ1n) is 6.24. The topological polar surface area (TPSA) is 27.7 Å². The van der Waals surface area contributed by atoms with Gasteiger partial charge in [-0.15, -0.1) is 0 Å². The number of hydrogen-bond donors (Lipinski definition) is 0. The Bertz CT molecular complexity index is 383. The highest BCUT2D eigenvalue weighted by atomic mass is 79.9. The van der Waals surface area contributed by atoms with Crippen molar-refractivity contribution in [2.45, 2.75) is 37.0 Å². The van der Waals surface area contributed by atoms with Gasteiger partial charge in [0, 0.05) is 25.0 Å². The van der Waals surface area contributed by atoms with E-state index in [1.807, 2.05) is 31.2 Å². The van der Waals surface area contributed by atoms with Gasteiger partial charge in [0.05, 0.1) is 6.61 Å². The summed E-state index contributed by atoms with van der Waals surface area (Å²) >= 11 is 3.60. The fourth-order valence-corrected chi connectivity index (χ4v) is 2.96. The normalized spacial score (nSPS) is 26.7. The van der Waals surface area contributed by atoms with Crippen LogP contribution in [0.1, 0.15) is 18.9 Å². The summed E-state index contributed by atoms with van der Waals surface area (Å²) in [5.74, 6) is 0.888. The maximum absolute atomic E-state index is 5.96. The molecule has 1 saturated carbocycles. The molecule has 4 heteroatoms. The van der Waals surface area contributed by atoms with Gasteiger partial charge >= 0.3 is 0 Å². The highest BCUT2D eigenvalue weighted by Crippen LogP contribution is 2.34. The van der Waals surface area contributed by atoms with Crippen LogP contribution in [0.15, 0.2) is 24.3 Å². The third-order valence-corrected chi connectivity index (χ3v) is 3.93. The summed E-state index contributed by atoms with van der Waals surface area (Å²) in [4.78, 5) is 0.407. The van der Waals surface area contributed by atoms with Gasteiger partial charge in [-0.1, -0.05) is 28.1 Å². The van der Waals surface area contributed by atoms with Gasteiger partial charge in [0.2, 0.25) is 0 Å². The molecule has 1 aliphatic rings. The molecule has 0 amide bonds. The molecule has 3 atom stereocenters. The van der Waals surface area contributed by atoms with Crippen LogP contribution in [0, 0.1) is 0 Å². The van der Waals surface area contributed by atoms with Crippen LogP contribution in [0.2, 0.25) is 0 Å². The summed E-state index contributed by atoms with van der Waals surface area (Å²) in [5.41, 5.74) is 1.12. The van der Waals surface area contributed by atoms with Gasteiger partial charge in [-0.3, -0.25) is 0 Å². The fourth-order valence-electron chi connectivity index (χ4n) is 2.10. The standard InChI is InChI=1S/C14H19BrO3/c1-3-17-14-12(15)8-13(14)18-11-6-4-5-10(7-11)9-16-2/h4-7,12-14H,3,8-9H2,1-2H3. The fraction of sp³-hybridized carbons (Fsp3) is 0.571. The number of alkyl halides is 1. The predicted octanol–water partition coefficient (Wildman–Crippen LogP) is 3.15. The van der Waals surface area contributed by atoms with E-state index in [1.165, 1.54) is 0 Å². The van der Waals surface area contributed by atoms with Crippen LogP contribution in [0.5, 0.6) is 5.75 Å². The van der Waals surface area contributed by atoms with Gasteiger partial charge < -0.3 is 14.2 Å². The van der Waals surface area contributed by atoms with Crippen molar-refractivity contribution in [3.8, 4) is 5.75 Å². The third-order valence-electron chi connectivity index (χ3n) is 3.04. The van der Waals surface area contributed by atoms with Crippen molar-refractivity contribution >= 4 is 15.9 Å². The maximum Gasteiger partial charge on any atom is 0.127 e. The molecule has 0 radical (unpaired) electrons. The molecule has 0 saturated heterocycles. The Kier molecular flexibility index (Phi) is 5.03. The van der Waals surface area contributed by atoms with Crippen LogP contribution in [0.3, 0.4) is 0 Å². The molecule has 1 aliphatic carbocycles. The first-order valence-corrected chi connectivity index (χ1v) is 7.16. The van der Waals surface area contributed by atoms with Gasteiger partial charge in [-0.25, -0.2) is 0 Å². The van der Waals surface area contributed by atoms with Crippen molar-refractivity contribution < 1.29 is 14.2 Å². The second-order valence-corrected chi connectivity index (χ2v) is 5.58. The van der Waals surface area contributed by atoms with Crippen molar-refractivity contribution in [3.63, 3.8) is 0 Å². The Labute approximate surface area is 117 Å². The first kappa shape index (κ1) is 13.8. The smallest absolute Gasteiger partial charge is 0.127 e. The van der Waals surface area contributed by atoms with E-state index in [0.29, 0.717) is 11.4 Å². The van der Waals surface area contributed by atoms with Crippen LogP contribution in [-0.2, 0) is 16.1 Å². The highest BCUT2D eigenvalue weighted by Gasteiger charge is 2.42. The zero-order chi connectivity index (χ0) is 13.0. The number of ether oxygens (including phenoxy) is 3. The van der Waals surface area contributed by atoms with E-state index in [4.69, 9.17) is 14.2 Å². The van der Waals surface area contributed by atoms with E-state index >= 15 is 0 Å². The van der Waals surface area contributed by atoms with Crippen LogP contribution >= 0.6 is 15.9 Å². The summed E-state index contributed by atoms with van der Waals surface area (Å²) in [7, 11) is 1.69. The van der Waals surface area contributed by atoms with Crippen LogP contribution in [0.25, 0.3) is 0 Å². The molecule has 3 nitrogen and oxygen atoms in total. The lowest BCUT2D eigenvalue weighted by Crippen LogP contribution is -2.52. The van der Waals surface area contributed by atoms with Crippen molar-refractivity contribution in [1.82, 2.24) is 0 Å². The van der Waals surface area contributed by atoms with E-state index in [2.05, 4.69) is 15.9 Å². The van der Waals surface area contributed by atoms with Crippen LogP contribution < -0.4 is 4.74 Å². The van der Waals surface area contributed by atoms with E-state index in [1.54, 1.807) is 7.11 Å². The minimum absolute atomic E-state index is 0.145. The predicted molar refractivity (Wildman–Crippen MR) is 74.3 cm³/mol. The van der Waals surface area contributed by atoms with E-state index in [0.717, 1.165) is 24.3 Å². The van der Waals surface area contributed by atoms with Crippen molar-refractivity contribution in [2.24, 2.45) is 0 Å². The first-order chi connectivity index (χ1) is 8.74.